The molecule has 0 unspecified atom stereocenters. The van der Waals surface area contributed by atoms with E-state index in [1.807, 2.05) is 26.0 Å². The van der Waals surface area contributed by atoms with Crippen LogP contribution in [0.25, 0.3) is 0 Å². The number of hydrogen-bond acceptors (Lipinski definition) is 3. The molecule has 0 N–H and O–H groups in total. The summed E-state index contributed by atoms with van der Waals surface area (Å²) in [5, 5.41) is 0. The van der Waals surface area contributed by atoms with E-state index in [0.717, 1.165) is 37.0 Å². The number of ether oxygens (including phenoxy) is 2. The third kappa shape index (κ3) is 4.78. The molecule has 0 aliphatic heterocycles. The predicted octanol–water partition coefficient (Wildman–Crippen LogP) is 3.40. The fraction of sp³-hybridized carbons (Fsp3) is 0.533. The van der Waals surface area contributed by atoms with Gasteiger partial charge in [0.1, 0.15) is 6.29 Å². The van der Waals surface area contributed by atoms with E-state index >= 15 is 0 Å². The SMILES string of the molecule is CCOc1ccc(CCCCC=O)cc1OCC. The topological polar surface area (TPSA) is 35.5 Å². The normalized spacial score (nSPS) is 10.1. The smallest absolute Gasteiger partial charge is 0.161 e. The predicted molar refractivity (Wildman–Crippen MR) is 72.4 cm³/mol. The van der Waals surface area contributed by atoms with Crippen LogP contribution in [0, 0.1) is 0 Å². The van der Waals surface area contributed by atoms with Gasteiger partial charge in [0.25, 0.3) is 0 Å². The monoisotopic (exact) mass is 250 g/mol. The molecular weight excluding hydrogens is 228 g/mol. The lowest BCUT2D eigenvalue weighted by Crippen LogP contribution is -1.99. The van der Waals surface area contributed by atoms with Gasteiger partial charge in [0.15, 0.2) is 11.5 Å². The summed E-state index contributed by atoms with van der Waals surface area (Å²) >= 11 is 0. The van der Waals surface area contributed by atoms with Crippen molar-refractivity contribution in [2.75, 3.05) is 13.2 Å². The van der Waals surface area contributed by atoms with Gasteiger partial charge in [-0.1, -0.05) is 6.07 Å². The highest BCUT2D eigenvalue weighted by molar-refractivity contribution is 5.49. The molecule has 0 heterocycles. The third-order valence-corrected chi connectivity index (χ3v) is 2.65. The van der Waals surface area contributed by atoms with Crippen molar-refractivity contribution in [3.8, 4) is 11.5 Å². The number of carbonyl (C=O) groups is 1. The highest BCUT2D eigenvalue weighted by Gasteiger charge is 2.05. The van der Waals surface area contributed by atoms with E-state index in [2.05, 4.69) is 6.07 Å². The summed E-state index contributed by atoms with van der Waals surface area (Å²) in [5.41, 5.74) is 1.23. The van der Waals surface area contributed by atoms with Crippen molar-refractivity contribution in [3.05, 3.63) is 23.8 Å². The van der Waals surface area contributed by atoms with Crippen LogP contribution >= 0.6 is 0 Å². The van der Waals surface area contributed by atoms with Gasteiger partial charge in [-0.2, -0.15) is 0 Å². The molecule has 100 valence electrons. The van der Waals surface area contributed by atoms with E-state index < -0.39 is 0 Å². The van der Waals surface area contributed by atoms with Gasteiger partial charge >= 0.3 is 0 Å². The third-order valence-electron chi connectivity index (χ3n) is 2.65. The number of unbranched alkanes of at least 4 members (excludes halogenated alkanes) is 2. The Hall–Kier alpha value is -1.51. The lowest BCUT2D eigenvalue weighted by Gasteiger charge is -2.12. The molecule has 0 aromatic heterocycles. The average Bonchev–Trinajstić information content (AvgIpc) is 2.38. The van der Waals surface area contributed by atoms with E-state index in [4.69, 9.17) is 9.47 Å². The molecule has 3 nitrogen and oxygen atoms in total. The van der Waals surface area contributed by atoms with Gasteiger partial charge in [0, 0.05) is 6.42 Å². The van der Waals surface area contributed by atoms with Crippen LogP contribution in [0.1, 0.15) is 38.7 Å². The van der Waals surface area contributed by atoms with Crippen molar-refractivity contribution in [2.45, 2.75) is 39.5 Å². The Kier molecular flexibility index (Phi) is 6.92. The van der Waals surface area contributed by atoms with E-state index in [1.165, 1.54) is 5.56 Å². The Morgan fingerprint density at radius 3 is 2.44 bits per heavy atom. The van der Waals surface area contributed by atoms with Crippen LogP contribution in [-0.2, 0) is 11.2 Å². The average molecular weight is 250 g/mol. The zero-order chi connectivity index (χ0) is 13.2. The zero-order valence-corrected chi connectivity index (χ0v) is 11.3. The summed E-state index contributed by atoms with van der Waals surface area (Å²) < 4.78 is 11.1. The summed E-state index contributed by atoms with van der Waals surface area (Å²) in [5.74, 6) is 1.61. The van der Waals surface area contributed by atoms with Gasteiger partial charge in [-0.05, 0) is 50.8 Å². The first-order chi connectivity index (χ1) is 8.81. The molecule has 0 saturated carbocycles. The summed E-state index contributed by atoms with van der Waals surface area (Å²) in [4.78, 5) is 10.2. The number of aryl methyl sites for hydroxylation is 1. The van der Waals surface area contributed by atoms with Gasteiger partial charge in [0.05, 0.1) is 13.2 Å². The number of rotatable bonds is 9. The largest absolute Gasteiger partial charge is 0.490 e. The summed E-state index contributed by atoms with van der Waals surface area (Å²) in [6.45, 7) is 5.20. The molecule has 0 bridgehead atoms. The van der Waals surface area contributed by atoms with Gasteiger partial charge in [0.2, 0.25) is 0 Å². The first kappa shape index (κ1) is 14.6. The van der Waals surface area contributed by atoms with E-state index in [9.17, 15) is 4.79 Å². The van der Waals surface area contributed by atoms with Crippen molar-refractivity contribution >= 4 is 6.29 Å². The molecule has 0 aliphatic rings. The first-order valence-electron chi connectivity index (χ1n) is 6.64. The highest BCUT2D eigenvalue weighted by Crippen LogP contribution is 2.29. The molecule has 0 atom stereocenters. The van der Waals surface area contributed by atoms with E-state index in [1.54, 1.807) is 0 Å². The zero-order valence-electron chi connectivity index (χ0n) is 11.3. The van der Waals surface area contributed by atoms with Crippen LogP contribution in [0.4, 0.5) is 0 Å². The number of benzene rings is 1. The molecule has 1 rings (SSSR count). The Labute approximate surface area is 109 Å². The van der Waals surface area contributed by atoms with E-state index in [-0.39, 0.29) is 0 Å². The fourth-order valence-corrected chi connectivity index (χ4v) is 1.81. The molecular formula is C15H22O3. The molecule has 3 heteroatoms. The maximum absolute atomic E-state index is 10.2. The highest BCUT2D eigenvalue weighted by atomic mass is 16.5. The maximum Gasteiger partial charge on any atom is 0.161 e. The van der Waals surface area contributed by atoms with E-state index in [0.29, 0.717) is 19.6 Å². The molecule has 18 heavy (non-hydrogen) atoms. The molecule has 0 fully saturated rings. The summed E-state index contributed by atoms with van der Waals surface area (Å²) in [6, 6.07) is 6.06. The standard InChI is InChI=1S/C15H22O3/c1-3-17-14-10-9-13(8-6-5-7-11-16)12-15(14)18-4-2/h9-12H,3-8H2,1-2H3. The quantitative estimate of drug-likeness (QED) is 0.498. The molecule has 0 spiro atoms. The van der Waals surface area contributed by atoms with Crippen molar-refractivity contribution in [2.24, 2.45) is 0 Å². The lowest BCUT2D eigenvalue weighted by molar-refractivity contribution is -0.107. The van der Waals surface area contributed by atoms with Crippen molar-refractivity contribution in [1.82, 2.24) is 0 Å². The van der Waals surface area contributed by atoms with Crippen LogP contribution in [0.3, 0.4) is 0 Å². The molecule has 0 aliphatic carbocycles. The van der Waals surface area contributed by atoms with Crippen LogP contribution < -0.4 is 9.47 Å². The molecule has 0 amide bonds. The minimum atomic E-state index is 0.634. The Morgan fingerprint density at radius 1 is 1.06 bits per heavy atom. The fourth-order valence-electron chi connectivity index (χ4n) is 1.81. The van der Waals surface area contributed by atoms with Crippen molar-refractivity contribution in [3.63, 3.8) is 0 Å². The van der Waals surface area contributed by atoms with Crippen LogP contribution in [0.2, 0.25) is 0 Å². The van der Waals surface area contributed by atoms with Crippen molar-refractivity contribution in [1.29, 1.82) is 0 Å². The molecule has 0 radical (unpaired) electrons. The Bertz CT molecular complexity index is 361. The second kappa shape index (κ2) is 8.56. The second-order valence-electron chi connectivity index (χ2n) is 4.06. The van der Waals surface area contributed by atoms with Gasteiger partial charge in [-0.3, -0.25) is 0 Å². The van der Waals surface area contributed by atoms with Crippen LogP contribution in [-0.4, -0.2) is 19.5 Å². The number of carbonyl (C=O) groups excluding carboxylic acids is 1. The van der Waals surface area contributed by atoms with Crippen molar-refractivity contribution < 1.29 is 14.3 Å². The van der Waals surface area contributed by atoms with Gasteiger partial charge < -0.3 is 14.3 Å². The van der Waals surface area contributed by atoms with Crippen LogP contribution in [0.15, 0.2) is 18.2 Å². The number of aldehydes is 1. The first-order valence-corrected chi connectivity index (χ1v) is 6.64. The van der Waals surface area contributed by atoms with Gasteiger partial charge in [-0.25, -0.2) is 0 Å². The minimum absolute atomic E-state index is 0.634. The van der Waals surface area contributed by atoms with Gasteiger partial charge in [-0.15, -0.1) is 0 Å². The minimum Gasteiger partial charge on any atom is -0.490 e. The maximum atomic E-state index is 10.2. The summed E-state index contributed by atoms with van der Waals surface area (Å²) in [7, 11) is 0. The van der Waals surface area contributed by atoms with Crippen LogP contribution in [0.5, 0.6) is 11.5 Å². The molecule has 1 aromatic carbocycles. The Balaban J connectivity index is 2.63. The number of hydrogen-bond donors (Lipinski definition) is 0. The molecule has 1 aromatic rings. The summed E-state index contributed by atoms with van der Waals surface area (Å²) in [6.07, 6.45) is 4.57. The Morgan fingerprint density at radius 2 is 1.78 bits per heavy atom. The second-order valence-corrected chi connectivity index (χ2v) is 4.06. The molecule has 0 saturated heterocycles. The lowest BCUT2D eigenvalue weighted by atomic mass is 10.1.